The largest absolute Gasteiger partial charge is 0.467 e. The van der Waals surface area contributed by atoms with Gasteiger partial charge >= 0.3 is 0 Å². The van der Waals surface area contributed by atoms with E-state index < -0.39 is 0 Å². The van der Waals surface area contributed by atoms with Gasteiger partial charge in [0.15, 0.2) is 0 Å². The molecule has 0 aliphatic carbocycles. The zero-order valence-corrected chi connectivity index (χ0v) is 13.2. The molecule has 1 aromatic carbocycles. The number of hydrazone groups is 1. The fourth-order valence-corrected chi connectivity index (χ4v) is 2.90. The summed E-state index contributed by atoms with van der Waals surface area (Å²) in [7, 11) is 0. The molecule has 4 rings (SSSR count). The molecular weight excluding hydrogens is 304 g/mol. The summed E-state index contributed by atoms with van der Waals surface area (Å²) in [6, 6.07) is 14.6. The minimum absolute atomic E-state index is 0.151. The SMILES string of the molecule is Cc1cccc(C(=O)N2N=C(c3ccco3)C[C@H]2c2ccco2)c1. The Balaban J connectivity index is 1.72. The quantitative estimate of drug-likeness (QED) is 0.727. The number of carbonyl (C=O) groups is 1. The van der Waals surface area contributed by atoms with Crippen molar-refractivity contribution in [1.82, 2.24) is 5.01 Å². The van der Waals surface area contributed by atoms with E-state index in [-0.39, 0.29) is 11.9 Å². The predicted molar refractivity (Wildman–Crippen MR) is 88.7 cm³/mol. The van der Waals surface area contributed by atoms with Gasteiger partial charge in [-0.05, 0) is 43.3 Å². The van der Waals surface area contributed by atoms with Crippen LogP contribution in [-0.4, -0.2) is 16.6 Å². The summed E-state index contributed by atoms with van der Waals surface area (Å²) < 4.78 is 11.0. The molecule has 3 heterocycles. The van der Waals surface area contributed by atoms with Crippen LogP contribution in [0.2, 0.25) is 0 Å². The fraction of sp³-hybridized carbons (Fsp3) is 0.158. The zero-order chi connectivity index (χ0) is 16.5. The highest BCUT2D eigenvalue weighted by molar-refractivity contribution is 6.03. The van der Waals surface area contributed by atoms with Crippen LogP contribution >= 0.6 is 0 Å². The van der Waals surface area contributed by atoms with Gasteiger partial charge in [-0.15, -0.1) is 0 Å². The molecule has 120 valence electrons. The van der Waals surface area contributed by atoms with Gasteiger partial charge in [0.05, 0.1) is 12.5 Å². The highest BCUT2D eigenvalue weighted by Gasteiger charge is 2.36. The number of rotatable bonds is 3. The van der Waals surface area contributed by atoms with E-state index in [0.717, 1.165) is 11.3 Å². The molecule has 0 N–H and O–H groups in total. The van der Waals surface area contributed by atoms with Crippen LogP contribution in [0.25, 0.3) is 0 Å². The van der Waals surface area contributed by atoms with Crippen LogP contribution < -0.4 is 0 Å². The molecule has 0 radical (unpaired) electrons. The predicted octanol–water partition coefficient (Wildman–Crippen LogP) is 4.17. The smallest absolute Gasteiger partial charge is 0.274 e. The lowest BCUT2D eigenvalue weighted by Crippen LogP contribution is -2.26. The topological polar surface area (TPSA) is 59.0 Å². The minimum Gasteiger partial charge on any atom is -0.467 e. The van der Waals surface area contributed by atoms with Crippen LogP contribution in [0.3, 0.4) is 0 Å². The highest BCUT2D eigenvalue weighted by atomic mass is 16.3. The van der Waals surface area contributed by atoms with Gasteiger partial charge in [-0.3, -0.25) is 4.79 Å². The fourth-order valence-electron chi connectivity index (χ4n) is 2.90. The summed E-state index contributed by atoms with van der Waals surface area (Å²) in [5.74, 6) is 1.23. The van der Waals surface area contributed by atoms with Crippen molar-refractivity contribution in [2.75, 3.05) is 0 Å². The van der Waals surface area contributed by atoms with E-state index in [1.54, 1.807) is 18.6 Å². The molecule has 0 saturated carbocycles. The number of aryl methyl sites for hydroxylation is 1. The highest BCUT2D eigenvalue weighted by Crippen LogP contribution is 2.34. The molecule has 5 nitrogen and oxygen atoms in total. The Morgan fingerprint density at radius 3 is 2.67 bits per heavy atom. The number of benzene rings is 1. The van der Waals surface area contributed by atoms with Crippen LogP contribution in [0.15, 0.2) is 75.0 Å². The van der Waals surface area contributed by atoms with Gasteiger partial charge in [0.2, 0.25) is 0 Å². The summed E-state index contributed by atoms with van der Waals surface area (Å²) in [5.41, 5.74) is 2.38. The van der Waals surface area contributed by atoms with Gasteiger partial charge in [-0.2, -0.15) is 5.10 Å². The molecule has 3 aromatic rings. The molecular formula is C19H16N2O3. The number of amides is 1. The molecule has 5 heteroatoms. The third-order valence-electron chi connectivity index (χ3n) is 4.06. The van der Waals surface area contributed by atoms with Gasteiger partial charge in [-0.1, -0.05) is 17.7 Å². The third kappa shape index (κ3) is 2.54. The molecule has 1 aliphatic heterocycles. The standard InChI is InChI=1S/C19H16N2O3/c1-13-5-2-6-14(11-13)19(22)21-16(18-8-4-10-24-18)12-15(20-21)17-7-3-9-23-17/h2-11,16H,12H2,1H3/t16-/m0/s1. The maximum Gasteiger partial charge on any atom is 0.274 e. The third-order valence-corrected chi connectivity index (χ3v) is 4.06. The Kier molecular flexibility index (Phi) is 3.54. The number of hydrogen-bond donors (Lipinski definition) is 0. The number of furan rings is 2. The Bertz CT molecular complexity index is 879. The van der Waals surface area contributed by atoms with Crippen LogP contribution in [0.1, 0.15) is 39.9 Å². The molecule has 0 fully saturated rings. The Labute approximate surface area is 139 Å². The van der Waals surface area contributed by atoms with E-state index in [0.29, 0.717) is 23.5 Å². The first kappa shape index (κ1) is 14.5. The van der Waals surface area contributed by atoms with Gasteiger partial charge in [0.25, 0.3) is 5.91 Å². The molecule has 1 amide bonds. The molecule has 1 atom stereocenters. The Morgan fingerprint density at radius 1 is 1.12 bits per heavy atom. The summed E-state index contributed by atoms with van der Waals surface area (Å²) in [4.78, 5) is 13.0. The van der Waals surface area contributed by atoms with E-state index in [2.05, 4.69) is 5.10 Å². The molecule has 0 bridgehead atoms. The van der Waals surface area contributed by atoms with Crippen molar-refractivity contribution in [1.29, 1.82) is 0 Å². The lowest BCUT2D eigenvalue weighted by Gasteiger charge is -2.20. The van der Waals surface area contributed by atoms with Crippen LogP contribution in [0, 0.1) is 6.92 Å². The van der Waals surface area contributed by atoms with Gasteiger partial charge in [0, 0.05) is 12.0 Å². The maximum absolute atomic E-state index is 13.0. The summed E-state index contributed by atoms with van der Waals surface area (Å²) >= 11 is 0. The number of hydrogen-bond acceptors (Lipinski definition) is 4. The molecule has 2 aromatic heterocycles. The molecule has 0 spiro atoms. The second-order valence-corrected chi connectivity index (χ2v) is 5.78. The lowest BCUT2D eigenvalue weighted by atomic mass is 10.1. The zero-order valence-electron chi connectivity index (χ0n) is 13.2. The second-order valence-electron chi connectivity index (χ2n) is 5.78. The Hall–Kier alpha value is -3.08. The van der Waals surface area contributed by atoms with Gasteiger partial charge in [0.1, 0.15) is 23.3 Å². The van der Waals surface area contributed by atoms with E-state index >= 15 is 0 Å². The Morgan fingerprint density at radius 2 is 1.96 bits per heavy atom. The van der Waals surface area contributed by atoms with Crippen LogP contribution in [-0.2, 0) is 0 Å². The number of nitrogens with zero attached hydrogens (tertiary/aromatic N) is 2. The summed E-state index contributed by atoms with van der Waals surface area (Å²) in [6.07, 6.45) is 3.76. The van der Waals surface area contributed by atoms with Gasteiger partial charge < -0.3 is 8.83 Å². The molecule has 0 saturated heterocycles. The van der Waals surface area contributed by atoms with Crippen molar-refractivity contribution < 1.29 is 13.6 Å². The molecule has 1 aliphatic rings. The van der Waals surface area contributed by atoms with E-state index in [1.807, 2.05) is 49.4 Å². The van der Waals surface area contributed by atoms with Crippen LogP contribution in [0.5, 0.6) is 0 Å². The second kappa shape index (κ2) is 5.85. The monoisotopic (exact) mass is 320 g/mol. The molecule has 24 heavy (non-hydrogen) atoms. The van der Waals surface area contributed by atoms with Crippen LogP contribution in [0.4, 0.5) is 0 Å². The van der Waals surface area contributed by atoms with Crippen molar-refractivity contribution in [3.63, 3.8) is 0 Å². The average molecular weight is 320 g/mol. The van der Waals surface area contributed by atoms with E-state index in [1.165, 1.54) is 5.01 Å². The summed E-state index contributed by atoms with van der Waals surface area (Å²) in [6.45, 7) is 1.96. The maximum atomic E-state index is 13.0. The first-order chi connectivity index (χ1) is 11.7. The summed E-state index contributed by atoms with van der Waals surface area (Å²) in [5, 5.41) is 6.01. The average Bonchev–Trinajstić information content (AvgIpc) is 3.32. The van der Waals surface area contributed by atoms with Gasteiger partial charge in [-0.25, -0.2) is 5.01 Å². The first-order valence-corrected chi connectivity index (χ1v) is 7.77. The van der Waals surface area contributed by atoms with Crippen molar-refractivity contribution in [3.05, 3.63) is 83.7 Å². The van der Waals surface area contributed by atoms with Crippen molar-refractivity contribution in [2.45, 2.75) is 19.4 Å². The van der Waals surface area contributed by atoms with Crippen molar-refractivity contribution in [3.8, 4) is 0 Å². The van der Waals surface area contributed by atoms with E-state index in [9.17, 15) is 4.79 Å². The first-order valence-electron chi connectivity index (χ1n) is 7.77. The van der Waals surface area contributed by atoms with Crippen molar-refractivity contribution >= 4 is 11.6 Å². The lowest BCUT2D eigenvalue weighted by molar-refractivity contribution is 0.0692. The number of carbonyl (C=O) groups excluding carboxylic acids is 1. The minimum atomic E-state index is -0.270. The molecule has 0 unspecified atom stereocenters. The van der Waals surface area contributed by atoms with E-state index in [4.69, 9.17) is 8.83 Å². The normalized spacial score (nSPS) is 17.1. The van der Waals surface area contributed by atoms with Crippen molar-refractivity contribution in [2.24, 2.45) is 5.10 Å².